The molecule has 2 heterocycles. The summed E-state index contributed by atoms with van der Waals surface area (Å²) in [5.74, 6) is -3.42. The van der Waals surface area contributed by atoms with Crippen LogP contribution < -0.4 is 11.1 Å². The van der Waals surface area contributed by atoms with Crippen LogP contribution in [0.15, 0.2) is 23.4 Å². The van der Waals surface area contributed by atoms with E-state index >= 15 is 0 Å². The zero-order chi connectivity index (χ0) is 16.8. The second-order valence-corrected chi connectivity index (χ2v) is 6.20. The van der Waals surface area contributed by atoms with Gasteiger partial charge in [0.1, 0.15) is 5.03 Å². The number of carbonyl (C=O) groups is 2. The highest BCUT2D eigenvalue weighted by Gasteiger charge is 2.23. The van der Waals surface area contributed by atoms with Crippen molar-refractivity contribution < 1.29 is 18.4 Å². The molecule has 1 saturated heterocycles. The molecule has 0 atom stereocenters. The maximum Gasteiger partial charge on any atom is 0.290 e. The first-order valence-corrected chi connectivity index (χ1v) is 8.05. The lowest BCUT2D eigenvalue weighted by Gasteiger charge is -2.31. The van der Waals surface area contributed by atoms with Crippen LogP contribution >= 0.6 is 11.8 Å². The summed E-state index contributed by atoms with van der Waals surface area (Å²) in [6.45, 7) is 1.51. The van der Waals surface area contributed by atoms with Crippen molar-refractivity contribution in [2.75, 3.05) is 19.6 Å². The van der Waals surface area contributed by atoms with Crippen LogP contribution in [0.5, 0.6) is 0 Å². The molecule has 0 radical (unpaired) electrons. The highest BCUT2D eigenvalue weighted by atomic mass is 32.2. The Morgan fingerprint density at radius 3 is 2.74 bits per heavy atom. The Morgan fingerprint density at radius 2 is 2.13 bits per heavy atom. The molecule has 1 aromatic heterocycles. The molecule has 3 N–H and O–H groups in total. The monoisotopic (exact) mass is 344 g/mol. The molecule has 0 saturated carbocycles. The van der Waals surface area contributed by atoms with Crippen LogP contribution in [0.2, 0.25) is 0 Å². The average molecular weight is 344 g/mol. The number of aromatic nitrogens is 1. The third-order valence-corrected chi connectivity index (χ3v) is 4.25. The number of alkyl halides is 2. The maximum atomic E-state index is 12.5. The summed E-state index contributed by atoms with van der Waals surface area (Å²) in [5, 5.41) is 2.86. The molecule has 23 heavy (non-hydrogen) atoms. The highest BCUT2D eigenvalue weighted by Crippen LogP contribution is 2.26. The van der Waals surface area contributed by atoms with Gasteiger partial charge in [0, 0.05) is 25.3 Å². The Balaban J connectivity index is 1.92. The number of halogens is 2. The quantitative estimate of drug-likeness (QED) is 0.754. The van der Waals surface area contributed by atoms with Gasteiger partial charge in [0.05, 0.1) is 12.1 Å². The summed E-state index contributed by atoms with van der Waals surface area (Å²) in [7, 11) is 0. The van der Waals surface area contributed by atoms with E-state index < -0.39 is 11.7 Å². The number of pyridine rings is 1. The zero-order valence-electron chi connectivity index (χ0n) is 12.4. The van der Waals surface area contributed by atoms with Crippen molar-refractivity contribution in [2.24, 2.45) is 5.73 Å². The first-order chi connectivity index (χ1) is 11.0. The van der Waals surface area contributed by atoms with Gasteiger partial charge in [-0.25, -0.2) is 4.98 Å². The molecule has 1 aromatic rings. The Hall–Kier alpha value is -1.74. The van der Waals surface area contributed by atoms with E-state index in [1.807, 2.05) is 4.90 Å². The molecule has 0 unspecified atom stereocenters. The fourth-order valence-electron chi connectivity index (χ4n) is 2.46. The molecule has 0 bridgehead atoms. The third-order valence-electron chi connectivity index (χ3n) is 3.52. The Bertz CT molecular complexity index is 565. The van der Waals surface area contributed by atoms with Gasteiger partial charge in [0.25, 0.3) is 11.7 Å². The lowest BCUT2D eigenvalue weighted by molar-refractivity contribution is -0.119. The Labute approximate surface area is 136 Å². The topological polar surface area (TPSA) is 88.3 Å². The number of piperidine rings is 1. The number of rotatable bonds is 6. The lowest BCUT2D eigenvalue weighted by Crippen LogP contribution is -2.46. The van der Waals surface area contributed by atoms with Crippen molar-refractivity contribution in [1.82, 2.24) is 15.2 Å². The molecule has 1 fully saturated rings. The van der Waals surface area contributed by atoms with E-state index in [0.29, 0.717) is 25.9 Å². The maximum absolute atomic E-state index is 12.5. The van der Waals surface area contributed by atoms with E-state index in [1.54, 1.807) is 6.07 Å². The number of nitrogens with one attached hydrogen (secondary N) is 1. The minimum Gasteiger partial charge on any atom is -0.369 e. The van der Waals surface area contributed by atoms with E-state index in [9.17, 15) is 18.4 Å². The van der Waals surface area contributed by atoms with Crippen molar-refractivity contribution in [3.63, 3.8) is 0 Å². The third kappa shape index (κ3) is 5.43. The van der Waals surface area contributed by atoms with Gasteiger partial charge < -0.3 is 11.1 Å². The molecular formula is C14H18F2N4O2S. The van der Waals surface area contributed by atoms with Gasteiger partial charge in [-0.05, 0) is 36.7 Å². The SMILES string of the molecule is NC(=O)CN1CCC(NC(=O)c2cccnc2SC(F)F)CC1. The molecule has 1 aliphatic rings. The predicted molar refractivity (Wildman–Crippen MR) is 82.2 cm³/mol. The molecule has 9 heteroatoms. The van der Waals surface area contributed by atoms with Crippen LogP contribution in [0, 0.1) is 0 Å². The number of primary amides is 1. The molecule has 0 spiro atoms. The molecule has 1 aliphatic heterocycles. The summed E-state index contributed by atoms with van der Waals surface area (Å²) in [6.07, 6.45) is 2.73. The van der Waals surface area contributed by atoms with Gasteiger partial charge >= 0.3 is 0 Å². The normalized spacial score (nSPS) is 16.5. The summed E-state index contributed by atoms with van der Waals surface area (Å²) >= 11 is 0.258. The number of hydrogen-bond donors (Lipinski definition) is 2. The summed E-state index contributed by atoms with van der Waals surface area (Å²) in [5.41, 5.74) is 5.30. The van der Waals surface area contributed by atoms with Gasteiger partial charge in [-0.2, -0.15) is 8.78 Å². The average Bonchev–Trinajstić information content (AvgIpc) is 2.48. The molecule has 0 aliphatic carbocycles. The van der Waals surface area contributed by atoms with Crippen LogP contribution in [-0.2, 0) is 4.79 Å². The van der Waals surface area contributed by atoms with E-state index in [0.717, 1.165) is 0 Å². The fraction of sp³-hybridized carbons (Fsp3) is 0.500. The van der Waals surface area contributed by atoms with E-state index in [2.05, 4.69) is 10.3 Å². The highest BCUT2D eigenvalue weighted by molar-refractivity contribution is 7.99. The summed E-state index contributed by atoms with van der Waals surface area (Å²) < 4.78 is 25.0. The first kappa shape index (κ1) is 17.6. The molecule has 6 nitrogen and oxygen atoms in total. The van der Waals surface area contributed by atoms with Crippen LogP contribution in [0.4, 0.5) is 8.78 Å². The van der Waals surface area contributed by atoms with Crippen molar-refractivity contribution in [1.29, 1.82) is 0 Å². The number of hydrogen-bond acceptors (Lipinski definition) is 5. The fourth-order valence-corrected chi connectivity index (χ4v) is 3.04. The standard InChI is InChI=1S/C14H18F2N4O2S/c15-14(16)23-13-10(2-1-5-18-13)12(22)19-9-3-6-20(7-4-9)8-11(17)21/h1-2,5,9,14H,3-4,6-8H2,(H2,17,21)(H,19,22). The summed E-state index contributed by atoms with van der Waals surface area (Å²) in [4.78, 5) is 28.9. The summed E-state index contributed by atoms with van der Waals surface area (Å²) in [6, 6.07) is 2.96. The molecule has 2 amide bonds. The van der Waals surface area contributed by atoms with Crippen LogP contribution in [0.3, 0.4) is 0 Å². The lowest BCUT2D eigenvalue weighted by atomic mass is 10.0. The largest absolute Gasteiger partial charge is 0.369 e. The second kappa shape index (κ2) is 8.21. The molecule has 0 aromatic carbocycles. The van der Waals surface area contributed by atoms with Gasteiger partial charge in [-0.15, -0.1) is 0 Å². The van der Waals surface area contributed by atoms with Crippen molar-refractivity contribution in [3.8, 4) is 0 Å². The predicted octanol–water partition coefficient (Wildman–Crippen LogP) is 1.08. The minimum absolute atomic E-state index is 0.0196. The molecular weight excluding hydrogens is 326 g/mol. The first-order valence-electron chi connectivity index (χ1n) is 7.17. The van der Waals surface area contributed by atoms with Crippen molar-refractivity contribution in [2.45, 2.75) is 29.7 Å². The number of nitrogens with two attached hydrogens (primary N) is 1. The van der Waals surface area contributed by atoms with Crippen LogP contribution in [0.25, 0.3) is 0 Å². The number of likely N-dealkylation sites (tertiary alicyclic amines) is 1. The van der Waals surface area contributed by atoms with Gasteiger partial charge in [-0.1, -0.05) is 0 Å². The minimum atomic E-state index is -2.63. The second-order valence-electron chi connectivity index (χ2n) is 5.22. The molecule has 126 valence electrons. The van der Waals surface area contributed by atoms with E-state index in [-0.39, 0.29) is 40.8 Å². The number of nitrogens with zero attached hydrogens (tertiary/aromatic N) is 2. The van der Waals surface area contributed by atoms with Crippen LogP contribution in [0.1, 0.15) is 23.2 Å². The van der Waals surface area contributed by atoms with Crippen molar-refractivity contribution >= 4 is 23.6 Å². The van der Waals surface area contributed by atoms with E-state index in [4.69, 9.17) is 5.73 Å². The van der Waals surface area contributed by atoms with E-state index in [1.165, 1.54) is 12.3 Å². The number of carbonyl (C=O) groups excluding carboxylic acids is 2. The molecule has 2 rings (SSSR count). The van der Waals surface area contributed by atoms with Crippen molar-refractivity contribution in [3.05, 3.63) is 23.9 Å². The Morgan fingerprint density at radius 1 is 1.43 bits per heavy atom. The Kier molecular flexibility index (Phi) is 6.28. The zero-order valence-corrected chi connectivity index (χ0v) is 13.2. The van der Waals surface area contributed by atoms with Gasteiger partial charge in [-0.3, -0.25) is 14.5 Å². The van der Waals surface area contributed by atoms with Gasteiger partial charge in [0.2, 0.25) is 5.91 Å². The van der Waals surface area contributed by atoms with Gasteiger partial charge in [0.15, 0.2) is 0 Å². The smallest absolute Gasteiger partial charge is 0.290 e. The van der Waals surface area contributed by atoms with Crippen LogP contribution in [-0.4, -0.2) is 53.1 Å². The number of amides is 2. The number of thioether (sulfide) groups is 1.